The first-order valence-corrected chi connectivity index (χ1v) is 10.2. The molecule has 1 aromatic rings. The third-order valence-corrected chi connectivity index (χ3v) is 6.09. The van der Waals surface area contributed by atoms with Crippen LogP contribution in [0.5, 0.6) is 0 Å². The highest BCUT2D eigenvalue weighted by molar-refractivity contribution is 6.05. The molecule has 4 rings (SSSR count). The van der Waals surface area contributed by atoms with Gasteiger partial charge in [-0.05, 0) is 62.5 Å². The van der Waals surface area contributed by atoms with Crippen LogP contribution in [0.25, 0.3) is 0 Å². The molecule has 1 aromatic carbocycles. The standard InChI is InChI=1S/C21H28N4O3/c1-24(11-14-4-3-9-22-10-14)12-15-5-2-6-16-17(15)13-25(21(16)28)18-7-8-19(26)23-20(18)27/h2,5-6,14,18,22H,3-4,7-13H2,1H3,(H,23,26,27). The number of hydrogen-bond acceptors (Lipinski definition) is 5. The lowest BCUT2D eigenvalue weighted by Crippen LogP contribution is -2.52. The summed E-state index contributed by atoms with van der Waals surface area (Å²) in [6, 6.07) is 5.29. The van der Waals surface area contributed by atoms with E-state index in [4.69, 9.17) is 0 Å². The maximum Gasteiger partial charge on any atom is 0.255 e. The Balaban J connectivity index is 1.46. The molecule has 0 bridgehead atoms. The van der Waals surface area contributed by atoms with Gasteiger partial charge in [-0.3, -0.25) is 19.7 Å². The predicted octanol–water partition coefficient (Wildman–Crippen LogP) is 0.879. The van der Waals surface area contributed by atoms with E-state index in [-0.39, 0.29) is 24.1 Å². The summed E-state index contributed by atoms with van der Waals surface area (Å²) in [5, 5.41) is 5.82. The van der Waals surface area contributed by atoms with Crippen LogP contribution in [0.1, 0.15) is 47.2 Å². The third kappa shape index (κ3) is 3.82. The van der Waals surface area contributed by atoms with Crippen LogP contribution in [-0.2, 0) is 22.7 Å². The van der Waals surface area contributed by atoms with Gasteiger partial charge in [0.05, 0.1) is 0 Å². The van der Waals surface area contributed by atoms with Gasteiger partial charge in [0.25, 0.3) is 5.91 Å². The van der Waals surface area contributed by atoms with E-state index in [0.29, 0.717) is 24.4 Å². The van der Waals surface area contributed by atoms with E-state index in [1.807, 2.05) is 12.1 Å². The largest absolute Gasteiger partial charge is 0.322 e. The molecule has 3 amide bonds. The van der Waals surface area contributed by atoms with Crippen molar-refractivity contribution in [1.29, 1.82) is 0 Å². The SMILES string of the molecule is CN(Cc1cccc2c1CN(C1CCC(=O)NC1=O)C2=O)CC1CCCNC1. The minimum absolute atomic E-state index is 0.106. The fourth-order valence-corrected chi connectivity index (χ4v) is 4.67. The molecule has 7 heteroatoms. The van der Waals surface area contributed by atoms with Gasteiger partial charge in [-0.15, -0.1) is 0 Å². The van der Waals surface area contributed by atoms with E-state index in [9.17, 15) is 14.4 Å². The minimum Gasteiger partial charge on any atom is -0.322 e. The normalized spacial score (nSPS) is 25.2. The summed E-state index contributed by atoms with van der Waals surface area (Å²) in [7, 11) is 2.13. The molecule has 0 aliphatic carbocycles. The average Bonchev–Trinajstić information content (AvgIpc) is 3.00. The van der Waals surface area contributed by atoms with Crippen molar-refractivity contribution < 1.29 is 14.4 Å². The smallest absolute Gasteiger partial charge is 0.255 e. The van der Waals surface area contributed by atoms with Crippen LogP contribution in [0.15, 0.2) is 18.2 Å². The van der Waals surface area contributed by atoms with Gasteiger partial charge in [0.2, 0.25) is 11.8 Å². The lowest BCUT2D eigenvalue weighted by molar-refractivity contribution is -0.136. The van der Waals surface area contributed by atoms with Gasteiger partial charge < -0.3 is 15.1 Å². The van der Waals surface area contributed by atoms with Gasteiger partial charge in [-0.25, -0.2) is 0 Å². The van der Waals surface area contributed by atoms with E-state index in [1.54, 1.807) is 4.90 Å². The Labute approximate surface area is 165 Å². The van der Waals surface area contributed by atoms with Crippen molar-refractivity contribution in [3.05, 3.63) is 34.9 Å². The van der Waals surface area contributed by atoms with Gasteiger partial charge in [-0.2, -0.15) is 0 Å². The lowest BCUT2D eigenvalue weighted by Gasteiger charge is -2.29. The number of nitrogens with one attached hydrogen (secondary N) is 2. The molecule has 2 saturated heterocycles. The second-order valence-electron chi connectivity index (χ2n) is 8.25. The molecule has 3 heterocycles. The van der Waals surface area contributed by atoms with Gasteiger partial charge in [0.1, 0.15) is 6.04 Å². The van der Waals surface area contributed by atoms with Gasteiger partial charge in [0, 0.05) is 31.6 Å². The number of amides is 3. The number of carbonyl (C=O) groups excluding carboxylic acids is 3. The molecular weight excluding hydrogens is 356 g/mol. The molecule has 0 aromatic heterocycles. The fourth-order valence-electron chi connectivity index (χ4n) is 4.67. The number of benzene rings is 1. The number of rotatable bonds is 5. The minimum atomic E-state index is -0.559. The first kappa shape index (κ1) is 19.1. The molecule has 2 atom stereocenters. The van der Waals surface area contributed by atoms with Crippen molar-refractivity contribution in [3.63, 3.8) is 0 Å². The van der Waals surface area contributed by atoms with Crippen LogP contribution >= 0.6 is 0 Å². The summed E-state index contributed by atoms with van der Waals surface area (Å²) in [5.41, 5.74) is 2.85. The van der Waals surface area contributed by atoms with Crippen LogP contribution in [0, 0.1) is 5.92 Å². The van der Waals surface area contributed by atoms with Gasteiger partial charge >= 0.3 is 0 Å². The van der Waals surface area contributed by atoms with Crippen LogP contribution in [0.4, 0.5) is 0 Å². The number of piperidine rings is 2. The summed E-state index contributed by atoms with van der Waals surface area (Å²) in [5.74, 6) is -0.0617. The van der Waals surface area contributed by atoms with Crippen molar-refractivity contribution in [2.24, 2.45) is 5.92 Å². The number of hydrogen-bond donors (Lipinski definition) is 2. The third-order valence-electron chi connectivity index (χ3n) is 6.09. The molecule has 2 fully saturated rings. The molecular formula is C21H28N4O3. The monoisotopic (exact) mass is 384 g/mol. The van der Waals surface area contributed by atoms with E-state index in [1.165, 1.54) is 12.8 Å². The molecule has 3 aliphatic rings. The second-order valence-corrected chi connectivity index (χ2v) is 8.25. The van der Waals surface area contributed by atoms with Crippen molar-refractivity contribution in [3.8, 4) is 0 Å². The van der Waals surface area contributed by atoms with Gasteiger partial charge in [-0.1, -0.05) is 12.1 Å². The topological polar surface area (TPSA) is 81.8 Å². The number of carbonyl (C=O) groups is 3. The predicted molar refractivity (Wildman–Crippen MR) is 104 cm³/mol. The summed E-state index contributed by atoms with van der Waals surface area (Å²) >= 11 is 0. The zero-order chi connectivity index (χ0) is 19.7. The van der Waals surface area contributed by atoms with Crippen LogP contribution in [0.2, 0.25) is 0 Å². The molecule has 3 aliphatic heterocycles. The Morgan fingerprint density at radius 3 is 2.82 bits per heavy atom. The highest BCUT2D eigenvalue weighted by Gasteiger charge is 2.39. The van der Waals surface area contributed by atoms with Crippen LogP contribution in [0.3, 0.4) is 0 Å². The molecule has 0 radical (unpaired) electrons. The summed E-state index contributed by atoms with van der Waals surface area (Å²) in [4.78, 5) is 40.5. The molecule has 7 nitrogen and oxygen atoms in total. The Bertz CT molecular complexity index is 788. The van der Waals surface area contributed by atoms with Crippen LogP contribution in [-0.4, -0.2) is 60.2 Å². The van der Waals surface area contributed by atoms with Crippen molar-refractivity contribution in [2.75, 3.05) is 26.7 Å². The van der Waals surface area contributed by atoms with Crippen molar-refractivity contribution in [1.82, 2.24) is 20.4 Å². The zero-order valence-electron chi connectivity index (χ0n) is 16.4. The molecule has 0 saturated carbocycles. The highest BCUT2D eigenvalue weighted by Crippen LogP contribution is 2.30. The first-order valence-electron chi connectivity index (χ1n) is 10.2. The average molecular weight is 384 g/mol. The highest BCUT2D eigenvalue weighted by atomic mass is 16.2. The molecule has 150 valence electrons. The summed E-state index contributed by atoms with van der Waals surface area (Å²) in [6.45, 7) is 4.44. The number of imide groups is 1. The van der Waals surface area contributed by atoms with E-state index < -0.39 is 6.04 Å². The maximum absolute atomic E-state index is 12.9. The summed E-state index contributed by atoms with van der Waals surface area (Å²) in [6.07, 6.45) is 3.16. The van der Waals surface area contributed by atoms with Crippen molar-refractivity contribution >= 4 is 17.7 Å². The van der Waals surface area contributed by atoms with Crippen LogP contribution < -0.4 is 10.6 Å². The van der Waals surface area contributed by atoms with Gasteiger partial charge in [0.15, 0.2) is 0 Å². The Kier molecular flexibility index (Phi) is 5.46. The number of nitrogens with zero attached hydrogens (tertiary/aromatic N) is 2. The summed E-state index contributed by atoms with van der Waals surface area (Å²) < 4.78 is 0. The zero-order valence-corrected chi connectivity index (χ0v) is 16.4. The van der Waals surface area contributed by atoms with E-state index in [2.05, 4.69) is 28.6 Å². The number of fused-ring (bicyclic) bond motifs is 1. The second kappa shape index (κ2) is 8.01. The maximum atomic E-state index is 12.9. The molecule has 0 spiro atoms. The Morgan fingerprint density at radius 2 is 2.07 bits per heavy atom. The first-order chi connectivity index (χ1) is 13.5. The quantitative estimate of drug-likeness (QED) is 0.737. The Hall–Kier alpha value is -2.25. The molecule has 2 N–H and O–H groups in total. The van der Waals surface area contributed by atoms with E-state index in [0.717, 1.165) is 37.3 Å². The van der Waals surface area contributed by atoms with Crippen molar-refractivity contribution in [2.45, 2.75) is 44.8 Å². The van der Waals surface area contributed by atoms with E-state index >= 15 is 0 Å². The molecule has 28 heavy (non-hydrogen) atoms. The fraction of sp³-hybridized carbons (Fsp3) is 0.571. The molecule has 2 unspecified atom stereocenters. The Morgan fingerprint density at radius 1 is 1.21 bits per heavy atom. The lowest BCUT2D eigenvalue weighted by atomic mass is 9.98.